The van der Waals surface area contributed by atoms with E-state index in [4.69, 9.17) is 9.84 Å². The molecule has 1 aliphatic rings. The van der Waals surface area contributed by atoms with E-state index >= 15 is 0 Å². The zero-order chi connectivity index (χ0) is 10.7. The SMILES string of the molecule is O=C(O)c1ccc(OCC2CCC2)cn1. The highest BCUT2D eigenvalue weighted by atomic mass is 16.5. The Balaban J connectivity index is 1.88. The molecule has 1 saturated carbocycles. The third-order valence-electron chi connectivity index (χ3n) is 2.67. The van der Waals surface area contributed by atoms with Crippen LogP contribution in [-0.2, 0) is 0 Å². The van der Waals surface area contributed by atoms with Crippen LogP contribution in [0, 0.1) is 5.92 Å². The summed E-state index contributed by atoms with van der Waals surface area (Å²) in [6, 6.07) is 3.10. The molecule has 0 aliphatic heterocycles. The monoisotopic (exact) mass is 207 g/mol. The Hall–Kier alpha value is -1.58. The van der Waals surface area contributed by atoms with E-state index in [0.717, 1.165) is 0 Å². The first kappa shape index (κ1) is 9.96. The molecule has 0 bridgehead atoms. The topological polar surface area (TPSA) is 59.4 Å². The van der Waals surface area contributed by atoms with Gasteiger partial charge in [-0.25, -0.2) is 9.78 Å². The quantitative estimate of drug-likeness (QED) is 0.819. The van der Waals surface area contributed by atoms with E-state index < -0.39 is 5.97 Å². The molecule has 1 aliphatic carbocycles. The number of carboxylic acid groups (broad SMARTS) is 1. The lowest BCUT2D eigenvalue weighted by molar-refractivity contribution is 0.0690. The third kappa shape index (κ3) is 2.46. The molecule has 4 nitrogen and oxygen atoms in total. The summed E-state index contributed by atoms with van der Waals surface area (Å²) in [5, 5.41) is 8.64. The van der Waals surface area contributed by atoms with Gasteiger partial charge >= 0.3 is 5.97 Å². The number of pyridine rings is 1. The number of aromatic carboxylic acids is 1. The maximum atomic E-state index is 10.5. The van der Waals surface area contributed by atoms with Crippen molar-refractivity contribution >= 4 is 5.97 Å². The van der Waals surface area contributed by atoms with Crippen molar-refractivity contribution in [3.63, 3.8) is 0 Å². The zero-order valence-electron chi connectivity index (χ0n) is 8.35. The Morgan fingerprint density at radius 1 is 1.53 bits per heavy atom. The summed E-state index contributed by atoms with van der Waals surface area (Å²) in [7, 11) is 0. The van der Waals surface area contributed by atoms with E-state index in [0.29, 0.717) is 18.3 Å². The van der Waals surface area contributed by atoms with Crippen LogP contribution in [-0.4, -0.2) is 22.7 Å². The molecule has 0 saturated heterocycles. The van der Waals surface area contributed by atoms with Gasteiger partial charge in [-0.15, -0.1) is 0 Å². The van der Waals surface area contributed by atoms with E-state index in [-0.39, 0.29) is 5.69 Å². The summed E-state index contributed by atoms with van der Waals surface area (Å²) in [6.07, 6.45) is 5.23. The molecule has 1 aromatic rings. The minimum Gasteiger partial charge on any atom is -0.492 e. The van der Waals surface area contributed by atoms with Crippen molar-refractivity contribution in [1.29, 1.82) is 0 Å². The number of carbonyl (C=O) groups is 1. The Morgan fingerprint density at radius 3 is 2.80 bits per heavy atom. The molecule has 4 heteroatoms. The molecule has 0 radical (unpaired) electrons. The number of hydrogen-bond acceptors (Lipinski definition) is 3. The molecule has 80 valence electrons. The van der Waals surface area contributed by atoms with Crippen LogP contribution in [0.5, 0.6) is 5.75 Å². The number of carboxylic acids is 1. The number of nitrogens with zero attached hydrogens (tertiary/aromatic N) is 1. The van der Waals surface area contributed by atoms with Gasteiger partial charge in [0.1, 0.15) is 11.4 Å². The first-order valence-electron chi connectivity index (χ1n) is 5.08. The van der Waals surface area contributed by atoms with Crippen LogP contribution in [0.1, 0.15) is 29.8 Å². The number of ether oxygens (including phenoxy) is 1. The molecule has 0 aromatic carbocycles. The minimum absolute atomic E-state index is 0.0472. The summed E-state index contributed by atoms with van der Waals surface area (Å²) in [5.41, 5.74) is 0.0472. The summed E-state index contributed by atoms with van der Waals surface area (Å²) in [4.78, 5) is 14.3. The smallest absolute Gasteiger partial charge is 0.354 e. The Bertz CT molecular complexity index is 343. The largest absolute Gasteiger partial charge is 0.492 e. The summed E-state index contributed by atoms with van der Waals surface area (Å²) < 4.78 is 5.49. The second kappa shape index (κ2) is 4.29. The second-order valence-corrected chi connectivity index (χ2v) is 3.79. The van der Waals surface area contributed by atoms with Gasteiger partial charge in [-0.2, -0.15) is 0 Å². The van der Waals surface area contributed by atoms with Crippen molar-refractivity contribution in [3.8, 4) is 5.75 Å². The van der Waals surface area contributed by atoms with Crippen molar-refractivity contribution in [1.82, 2.24) is 4.98 Å². The molecule has 15 heavy (non-hydrogen) atoms. The molecule has 0 atom stereocenters. The van der Waals surface area contributed by atoms with Crippen LogP contribution >= 0.6 is 0 Å². The van der Waals surface area contributed by atoms with Crippen LogP contribution in [0.15, 0.2) is 18.3 Å². The first-order valence-corrected chi connectivity index (χ1v) is 5.08. The average Bonchev–Trinajstić information content (AvgIpc) is 2.16. The molecule has 1 heterocycles. The Labute approximate surface area is 87.9 Å². The first-order chi connectivity index (χ1) is 7.25. The van der Waals surface area contributed by atoms with Crippen molar-refractivity contribution in [3.05, 3.63) is 24.0 Å². The van der Waals surface area contributed by atoms with Crippen LogP contribution in [0.3, 0.4) is 0 Å². The summed E-state index contributed by atoms with van der Waals surface area (Å²) in [6.45, 7) is 0.716. The molecule has 1 N–H and O–H groups in total. The maximum absolute atomic E-state index is 10.5. The predicted octanol–water partition coefficient (Wildman–Crippen LogP) is 1.96. The van der Waals surface area contributed by atoms with Crippen molar-refractivity contribution in [2.75, 3.05) is 6.61 Å². The molecular weight excluding hydrogens is 194 g/mol. The number of aromatic nitrogens is 1. The summed E-state index contributed by atoms with van der Waals surface area (Å²) in [5.74, 6) is 0.302. The van der Waals surface area contributed by atoms with Gasteiger partial charge in [0.15, 0.2) is 0 Å². The highest BCUT2D eigenvalue weighted by molar-refractivity contribution is 5.85. The molecule has 1 fully saturated rings. The van der Waals surface area contributed by atoms with Crippen LogP contribution in [0.25, 0.3) is 0 Å². The fourth-order valence-corrected chi connectivity index (χ4v) is 1.47. The molecule has 0 amide bonds. The maximum Gasteiger partial charge on any atom is 0.354 e. The zero-order valence-corrected chi connectivity index (χ0v) is 8.35. The van der Waals surface area contributed by atoms with Gasteiger partial charge in [-0.1, -0.05) is 6.42 Å². The Kier molecular flexibility index (Phi) is 2.85. The van der Waals surface area contributed by atoms with Crippen molar-refractivity contribution < 1.29 is 14.6 Å². The van der Waals surface area contributed by atoms with Gasteiger partial charge in [0.05, 0.1) is 12.8 Å². The minimum atomic E-state index is -1.01. The molecule has 1 aromatic heterocycles. The van der Waals surface area contributed by atoms with E-state index in [2.05, 4.69) is 4.98 Å². The number of hydrogen-bond donors (Lipinski definition) is 1. The second-order valence-electron chi connectivity index (χ2n) is 3.79. The number of rotatable bonds is 4. The average molecular weight is 207 g/mol. The van der Waals surface area contributed by atoms with Gasteiger partial charge in [-0.3, -0.25) is 0 Å². The standard InChI is InChI=1S/C11H13NO3/c13-11(14)10-5-4-9(6-12-10)15-7-8-2-1-3-8/h4-6,8H,1-3,7H2,(H,13,14). The lowest BCUT2D eigenvalue weighted by atomic mass is 9.86. The highest BCUT2D eigenvalue weighted by Crippen LogP contribution is 2.26. The molecular formula is C11H13NO3. The van der Waals surface area contributed by atoms with Crippen molar-refractivity contribution in [2.24, 2.45) is 5.92 Å². The van der Waals surface area contributed by atoms with Gasteiger partial charge in [0, 0.05) is 0 Å². The molecule has 0 spiro atoms. The predicted molar refractivity (Wildman–Crippen MR) is 54.0 cm³/mol. The third-order valence-corrected chi connectivity index (χ3v) is 2.67. The van der Waals surface area contributed by atoms with E-state index in [1.807, 2.05) is 0 Å². The van der Waals surface area contributed by atoms with E-state index in [1.165, 1.54) is 31.5 Å². The molecule has 0 unspecified atom stereocenters. The van der Waals surface area contributed by atoms with Crippen LogP contribution < -0.4 is 4.74 Å². The highest BCUT2D eigenvalue weighted by Gasteiger charge is 2.17. The normalized spacial score (nSPS) is 15.7. The van der Waals surface area contributed by atoms with E-state index in [9.17, 15) is 4.79 Å². The van der Waals surface area contributed by atoms with Gasteiger partial charge in [0.25, 0.3) is 0 Å². The van der Waals surface area contributed by atoms with Crippen LogP contribution in [0.4, 0.5) is 0 Å². The fourth-order valence-electron chi connectivity index (χ4n) is 1.47. The van der Waals surface area contributed by atoms with Gasteiger partial charge < -0.3 is 9.84 Å². The lowest BCUT2D eigenvalue weighted by Crippen LogP contribution is -2.19. The fraction of sp³-hybridized carbons (Fsp3) is 0.455. The van der Waals surface area contributed by atoms with Crippen LogP contribution in [0.2, 0.25) is 0 Å². The van der Waals surface area contributed by atoms with Gasteiger partial charge in [-0.05, 0) is 30.9 Å². The van der Waals surface area contributed by atoms with E-state index in [1.54, 1.807) is 6.07 Å². The molecule has 2 rings (SSSR count). The lowest BCUT2D eigenvalue weighted by Gasteiger charge is -2.24. The van der Waals surface area contributed by atoms with Gasteiger partial charge in [0.2, 0.25) is 0 Å². The van der Waals surface area contributed by atoms with Crippen molar-refractivity contribution in [2.45, 2.75) is 19.3 Å². The summed E-state index contributed by atoms with van der Waals surface area (Å²) >= 11 is 0. The Morgan fingerprint density at radius 2 is 2.33 bits per heavy atom.